The Hall–Kier alpha value is -0.970. The normalized spacial score (nSPS) is 10.1. The van der Waals surface area contributed by atoms with Crippen LogP contribution in [0.4, 0.5) is 0 Å². The fourth-order valence-electron chi connectivity index (χ4n) is 1.09. The average molecular weight is 278 g/mol. The van der Waals surface area contributed by atoms with E-state index in [1.807, 2.05) is 0 Å². The van der Waals surface area contributed by atoms with Crippen molar-refractivity contribution in [2.24, 2.45) is 0 Å². The SMILES string of the molecule is O=C(COc1ccc(Cl)cc1Cl)NCCCO. The van der Waals surface area contributed by atoms with Crippen molar-refractivity contribution in [3.63, 3.8) is 0 Å². The van der Waals surface area contributed by atoms with Gasteiger partial charge in [-0.3, -0.25) is 4.79 Å². The van der Waals surface area contributed by atoms with E-state index in [0.717, 1.165) is 0 Å². The Bertz CT molecular complexity index is 385. The van der Waals surface area contributed by atoms with E-state index in [9.17, 15) is 4.79 Å². The zero-order chi connectivity index (χ0) is 12.7. The lowest BCUT2D eigenvalue weighted by molar-refractivity contribution is -0.123. The molecule has 1 aromatic carbocycles. The summed E-state index contributed by atoms with van der Waals surface area (Å²) < 4.78 is 5.22. The second kappa shape index (κ2) is 7.37. The highest BCUT2D eigenvalue weighted by Gasteiger charge is 2.05. The minimum Gasteiger partial charge on any atom is -0.482 e. The van der Waals surface area contributed by atoms with Crippen molar-refractivity contribution in [3.05, 3.63) is 28.2 Å². The first-order valence-corrected chi connectivity index (χ1v) is 5.84. The zero-order valence-electron chi connectivity index (χ0n) is 9.08. The Morgan fingerprint density at radius 3 is 2.82 bits per heavy atom. The third kappa shape index (κ3) is 5.26. The van der Waals surface area contributed by atoms with Crippen molar-refractivity contribution in [1.82, 2.24) is 5.32 Å². The lowest BCUT2D eigenvalue weighted by Crippen LogP contribution is -2.30. The number of nitrogens with one attached hydrogen (secondary N) is 1. The van der Waals surface area contributed by atoms with E-state index in [4.69, 9.17) is 33.0 Å². The molecule has 0 atom stereocenters. The van der Waals surface area contributed by atoms with Gasteiger partial charge in [0.15, 0.2) is 6.61 Å². The van der Waals surface area contributed by atoms with Crippen LogP contribution in [0.3, 0.4) is 0 Å². The van der Waals surface area contributed by atoms with Crippen molar-refractivity contribution < 1.29 is 14.6 Å². The van der Waals surface area contributed by atoms with Crippen LogP contribution in [-0.2, 0) is 4.79 Å². The number of benzene rings is 1. The number of rotatable bonds is 6. The molecule has 0 radical (unpaired) electrons. The number of hydrogen-bond donors (Lipinski definition) is 2. The molecule has 0 aliphatic rings. The topological polar surface area (TPSA) is 58.6 Å². The highest BCUT2D eigenvalue weighted by atomic mass is 35.5. The molecule has 94 valence electrons. The van der Waals surface area contributed by atoms with Crippen molar-refractivity contribution in [3.8, 4) is 5.75 Å². The monoisotopic (exact) mass is 277 g/mol. The van der Waals surface area contributed by atoms with Crippen molar-refractivity contribution >= 4 is 29.1 Å². The van der Waals surface area contributed by atoms with Gasteiger partial charge in [-0.25, -0.2) is 0 Å². The summed E-state index contributed by atoms with van der Waals surface area (Å²) >= 11 is 11.6. The van der Waals surface area contributed by atoms with E-state index in [-0.39, 0.29) is 19.1 Å². The van der Waals surface area contributed by atoms with Crippen molar-refractivity contribution in [2.45, 2.75) is 6.42 Å². The van der Waals surface area contributed by atoms with Gasteiger partial charge in [-0.1, -0.05) is 23.2 Å². The molecule has 0 aliphatic carbocycles. The standard InChI is InChI=1S/C11H13Cl2NO3/c12-8-2-3-10(9(13)6-8)17-7-11(16)14-4-1-5-15/h2-3,6,15H,1,4-5,7H2,(H,14,16). The second-order valence-electron chi connectivity index (χ2n) is 3.29. The van der Waals surface area contributed by atoms with E-state index in [0.29, 0.717) is 28.8 Å². The summed E-state index contributed by atoms with van der Waals surface area (Å²) in [6.07, 6.45) is 0.521. The van der Waals surface area contributed by atoms with Crippen LogP contribution in [0.25, 0.3) is 0 Å². The average Bonchev–Trinajstić information content (AvgIpc) is 2.28. The fraction of sp³-hybridized carbons (Fsp3) is 0.364. The molecule has 0 aliphatic heterocycles. The van der Waals surface area contributed by atoms with Gasteiger partial charge in [0.2, 0.25) is 0 Å². The van der Waals surface area contributed by atoms with Gasteiger partial charge >= 0.3 is 0 Å². The number of amides is 1. The van der Waals surface area contributed by atoms with E-state index in [2.05, 4.69) is 5.32 Å². The zero-order valence-corrected chi connectivity index (χ0v) is 10.6. The third-order valence-electron chi connectivity index (χ3n) is 1.91. The number of aliphatic hydroxyl groups excluding tert-OH is 1. The molecule has 0 heterocycles. The molecule has 1 amide bonds. The van der Waals surface area contributed by atoms with Gasteiger partial charge in [-0.15, -0.1) is 0 Å². The quantitative estimate of drug-likeness (QED) is 0.781. The lowest BCUT2D eigenvalue weighted by Gasteiger charge is -2.08. The van der Waals surface area contributed by atoms with Gasteiger partial charge in [-0.2, -0.15) is 0 Å². The van der Waals surface area contributed by atoms with Gasteiger partial charge in [-0.05, 0) is 24.6 Å². The Morgan fingerprint density at radius 2 is 2.18 bits per heavy atom. The summed E-state index contributed by atoms with van der Waals surface area (Å²) in [4.78, 5) is 11.3. The second-order valence-corrected chi connectivity index (χ2v) is 4.13. The first-order chi connectivity index (χ1) is 8.13. The molecule has 0 bridgehead atoms. The molecule has 1 aromatic rings. The lowest BCUT2D eigenvalue weighted by atomic mass is 10.3. The van der Waals surface area contributed by atoms with E-state index in [1.165, 1.54) is 0 Å². The summed E-state index contributed by atoms with van der Waals surface area (Å²) in [7, 11) is 0. The summed E-state index contributed by atoms with van der Waals surface area (Å²) in [5.74, 6) is 0.151. The molecule has 0 saturated carbocycles. The van der Waals surface area contributed by atoms with E-state index < -0.39 is 0 Å². The van der Waals surface area contributed by atoms with E-state index in [1.54, 1.807) is 18.2 Å². The van der Waals surface area contributed by atoms with Crippen LogP contribution in [0.5, 0.6) is 5.75 Å². The third-order valence-corrected chi connectivity index (χ3v) is 2.44. The Morgan fingerprint density at radius 1 is 1.41 bits per heavy atom. The number of halogens is 2. The summed E-state index contributed by atoms with van der Waals surface area (Å²) in [6, 6.07) is 4.78. The maximum Gasteiger partial charge on any atom is 0.257 e. The maximum absolute atomic E-state index is 11.3. The highest BCUT2D eigenvalue weighted by Crippen LogP contribution is 2.27. The first kappa shape index (κ1) is 14.1. The summed E-state index contributed by atoms with van der Waals surface area (Å²) in [5.41, 5.74) is 0. The Labute approximate surface area is 109 Å². The smallest absolute Gasteiger partial charge is 0.257 e. The van der Waals surface area contributed by atoms with Crippen LogP contribution in [-0.4, -0.2) is 30.8 Å². The van der Waals surface area contributed by atoms with Crippen LogP contribution < -0.4 is 10.1 Å². The minimum atomic E-state index is -0.260. The molecule has 17 heavy (non-hydrogen) atoms. The van der Waals surface area contributed by atoms with Gasteiger partial charge in [0, 0.05) is 18.2 Å². The van der Waals surface area contributed by atoms with Crippen molar-refractivity contribution in [2.75, 3.05) is 19.8 Å². The number of carbonyl (C=O) groups is 1. The summed E-state index contributed by atoms with van der Waals surface area (Å²) in [6.45, 7) is 0.351. The molecule has 2 N–H and O–H groups in total. The molecule has 0 saturated heterocycles. The minimum absolute atomic E-state index is 0.0458. The molecule has 1 rings (SSSR count). The van der Waals surface area contributed by atoms with E-state index >= 15 is 0 Å². The van der Waals surface area contributed by atoms with Crippen LogP contribution >= 0.6 is 23.2 Å². The van der Waals surface area contributed by atoms with Gasteiger partial charge in [0.05, 0.1) is 5.02 Å². The molecular weight excluding hydrogens is 265 g/mol. The number of ether oxygens (including phenoxy) is 1. The molecule has 0 fully saturated rings. The van der Waals surface area contributed by atoms with Crippen molar-refractivity contribution in [1.29, 1.82) is 0 Å². The molecule has 6 heteroatoms. The van der Waals surface area contributed by atoms with Gasteiger partial charge in [0.25, 0.3) is 5.91 Å². The molecule has 4 nitrogen and oxygen atoms in total. The molecule has 0 unspecified atom stereocenters. The summed E-state index contributed by atoms with van der Waals surface area (Å²) in [5, 5.41) is 12.0. The predicted molar refractivity (Wildman–Crippen MR) is 66.7 cm³/mol. The van der Waals surface area contributed by atoms with Crippen LogP contribution in [0.15, 0.2) is 18.2 Å². The molecular formula is C11H13Cl2NO3. The van der Waals surface area contributed by atoms with Crippen LogP contribution in [0, 0.1) is 0 Å². The largest absolute Gasteiger partial charge is 0.482 e. The first-order valence-electron chi connectivity index (χ1n) is 5.09. The maximum atomic E-state index is 11.3. The van der Waals surface area contributed by atoms with Gasteiger partial charge in [0.1, 0.15) is 5.75 Å². The Balaban J connectivity index is 2.37. The number of carbonyl (C=O) groups excluding carboxylic acids is 1. The molecule has 0 aromatic heterocycles. The molecule has 0 spiro atoms. The van der Waals surface area contributed by atoms with Crippen LogP contribution in [0.2, 0.25) is 10.0 Å². The predicted octanol–water partition coefficient (Wildman–Crippen LogP) is 1.87. The highest BCUT2D eigenvalue weighted by molar-refractivity contribution is 6.35. The number of aliphatic hydroxyl groups is 1. The van der Waals surface area contributed by atoms with Gasteiger partial charge < -0.3 is 15.2 Å². The Kier molecular flexibility index (Phi) is 6.11. The van der Waals surface area contributed by atoms with Crippen LogP contribution in [0.1, 0.15) is 6.42 Å². The number of hydrogen-bond acceptors (Lipinski definition) is 3. The fourth-order valence-corrected chi connectivity index (χ4v) is 1.56.